The number of benzene rings is 1. The van der Waals surface area contributed by atoms with Crippen molar-refractivity contribution < 1.29 is 27.4 Å². The number of amides is 1. The summed E-state index contributed by atoms with van der Waals surface area (Å²) in [5.74, 6) is 0.0223. The van der Waals surface area contributed by atoms with Gasteiger partial charge in [0.2, 0.25) is 15.9 Å². The van der Waals surface area contributed by atoms with Gasteiger partial charge in [0, 0.05) is 19.7 Å². The van der Waals surface area contributed by atoms with Crippen LogP contribution < -0.4 is 10.1 Å². The minimum atomic E-state index is -3.65. The molecule has 3 rings (SSSR count). The lowest BCUT2D eigenvalue weighted by Crippen LogP contribution is -2.40. The van der Waals surface area contributed by atoms with Gasteiger partial charge in [-0.2, -0.15) is 4.31 Å². The Balaban J connectivity index is 1.86. The van der Waals surface area contributed by atoms with Gasteiger partial charge < -0.3 is 19.5 Å². The van der Waals surface area contributed by atoms with Crippen LogP contribution in [-0.2, 0) is 24.3 Å². The van der Waals surface area contributed by atoms with Crippen LogP contribution in [0.25, 0.3) is 0 Å². The molecule has 26 heavy (non-hydrogen) atoms. The van der Waals surface area contributed by atoms with Gasteiger partial charge >= 0.3 is 0 Å². The smallest absolute Gasteiger partial charge is 0.243 e. The number of ether oxygens (including phenoxy) is 3. The molecule has 1 amide bonds. The van der Waals surface area contributed by atoms with Crippen molar-refractivity contribution in [2.75, 3.05) is 51.4 Å². The van der Waals surface area contributed by atoms with Gasteiger partial charge in [0.15, 0.2) is 0 Å². The summed E-state index contributed by atoms with van der Waals surface area (Å²) in [5.41, 5.74) is 0.359. The molecule has 8 nitrogen and oxygen atoms in total. The van der Waals surface area contributed by atoms with E-state index in [1.165, 1.54) is 16.4 Å². The molecule has 2 fully saturated rings. The predicted molar refractivity (Wildman–Crippen MR) is 94.7 cm³/mol. The Bertz CT molecular complexity index is 740. The third-order valence-corrected chi connectivity index (χ3v) is 6.31. The Labute approximate surface area is 153 Å². The van der Waals surface area contributed by atoms with E-state index in [9.17, 15) is 13.2 Å². The van der Waals surface area contributed by atoms with E-state index in [-0.39, 0.29) is 16.7 Å². The molecule has 2 saturated heterocycles. The zero-order chi connectivity index (χ0) is 18.6. The SMILES string of the molecule is CCOc1ccc(S(=O)(=O)N2CCOCC2)cc1NC(=O)C1CCOC1. The molecular formula is C17H24N2O6S. The predicted octanol–water partition coefficient (Wildman–Crippen LogP) is 1.08. The molecule has 1 aromatic rings. The highest BCUT2D eigenvalue weighted by molar-refractivity contribution is 7.89. The number of sulfonamides is 1. The average Bonchev–Trinajstić information content (AvgIpc) is 3.19. The summed E-state index contributed by atoms with van der Waals surface area (Å²) in [6, 6.07) is 4.55. The number of hydrogen-bond donors (Lipinski definition) is 1. The minimum Gasteiger partial charge on any atom is -0.492 e. The van der Waals surface area contributed by atoms with E-state index in [0.29, 0.717) is 64.0 Å². The molecule has 0 saturated carbocycles. The topological polar surface area (TPSA) is 94.2 Å². The van der Waals surface area contributed by atoms with Crippen molar-refractivity contribution in [1.29, 1.82) is 0 Å². The summed E-state index contributed by atoms with van der Waals surface area (Å²) >= 11 is 0. The van der Waals surface area contributed by atoms with Crippen LogP contribution in [0.2, 0.25) is 0 Å². The van der Waals surface area contributed by atoms with Gasteiger partial charge in [-0.15, -0.1) is 0 Å². The molecule has 1 aromatic carbocycles. The Morgan fingerprint density at radius 3 is 2.69 bits per heavy atom. The molecule has 1 unspecified atom stereocenters. The van der Waals surface area contributed by atoms with E-state index in [4.69, 9.17) is 14.2 Å². The highest BCUT2D eigenvalue weighted by Crippen LogP contribution is 2.30. The molecule has 144 valence electrons. The standard InChI is InChI=1S/C17H24N2O6S/c1-2-25-16-4-3-14(26(21,22)19-6-9-23-10-7-19)11-15(16)18-17(20)13-5-8-24-12-13/h3-4,11,13H,2,5-10,12H2,1H3,(H,18,20). The van der Waals surface area contributed by atoms with Crippen LogP contribution in [0.4, 0.5) is 5.69 Å². The minimum absolute atomic E-state index is 0.126. The lowest BCUT2D eigenvalue weighted by Gasteiger charge is -2.26. The number of anilines is 1. The average molecular weight is 384 g/mol. The largest absolute Gasteiger partial charge is 0.492 e. The first-order valence-electron chi connectivity index (χ1n) is 8.75. The van der Waals surface area contributed by atoms with Crippen molar-refractivity contribution in [2.24, 2.45) is 5.92 Å². The number of nitrogens with one attached hydrogen (secondary N) is 1. The fourth-order valence-corrected chi connectivity index (χ4v) is 4.40. The molecule has 0 aliphatic carbocycles. The van der Waals surface area contributed by atoms with E-state index in [1.807, 2.05) is 6.92 Å². The lowest BCUT2D eigenvalue weighted by molar-refractivity contribution is -0.119. The van der Waals surface area contributed by atoms with Crippen LogP contribution in [-0.4, -0.2) is 64.8 Å². The summed E-state index contributed by atoms with van der Waals surface area (Å²) in [7, 11) is -3.65. The van der Waals surface area contributed by atoms with Crippen molar-refractivity contribution in [3.05, 3.63) is 18.2 Å². The Kier molecular flexibility index (Phi) is 6.13. The van der Waals surface area contributed by atoms with Crippen molar-refractivity contribution in [3.8, 4) is 5.75 Å². The van der Waals surface area contributed by atoms with Crippen LogP contribution in [0.15, 0.2) is 23.1 Å². The van der Waals surface area contributed by atoms with Gasteiger partial charge in [-0.05, 0) is 31.5 Å². The maximum absolute atomic E-state index is 12.8. The molecule has 0 bridgehead atoms. The third kappa shape index (κ3) is 4.17. The van der Waals surface area contributed by atoms with Crippen molar-refractivity contribution in [2.45, 2.75) is 18.2 Å². The summed E-state index contributed by atoms with van der Waals surface area (Å²) in [4.78, 5) is 12.5. The molecular weight excluding hydrogens is 360 g/mol. The van der Waals surface area contributed by atoms with E-state index < -0.39 is 10.0 Å². The number of morpholine rings is 1. The molecule has 2 aliphatic rings. The second kappa shape index (κ2) is 8.34. The normalized spacial score (nSPS) is 21.5. The summed E-state index contributed by atoms with van der Waals surface area (Å²) in [6.45, 7) is 4.56. The molecule has 0 spiro atoms. The fourth-order valence-electron chi connectivity index (χ4n) is 2.96. The first-order chi connectivity index (χ1) is 12.5. The van der Waals surface area contributed by atoms with Gasteiger partial charge in [0.1, 0.15) is 5.75 Å². The third-order valence-electron chi connectivity index (χ3n) is 4.42. The monoisotopic (exact) mass is 384 g/mol. The highest BCUT2D eigenvalue weighted by atomic mass is 32.2. The number of carbonyl (C=O) groups excluding carboxylic acids is 1. The summed E-state index contributed by atoms with van der Waals surface area (Å²) in [6.07, 6.45) is 0.654. The van der Waals surface area contributed by atoms with Gasteiger partial charge in [0.25, 0.3) is 0 Å². The van der Waals surface area contributed by atoms with Crippen molar-refractivity contribution in [3.63, 3.8) is 0 Å². The Hall–Kier alpha value is -1.68. The highest BCUT2D eigenvalue weighted by Gasteiger charge is 2.28. The van der Waals surface area contributed by atoms with Crippen LogP contribution in [0, 0.1) is 5.92 Å². The van der Waals surface area contributed by atoms with Crippen molar-refractivity contribution >= 4 is 21.6 Å². The quantitative estimate of drug-likeness (QED) is 0.789. The maximum Gasteiger partial charge on any atom is 0.243 e. The van der Waals surface area contributed by atoms with Crippen LogP contribution in [0.3, 0.4) is 0 Å². The molecule has 1 N–H and O–H groups in total. The summed E-state index contributed by atoms with van der Waals surface area (Å²) in [5, 5.41) is 2.80. The van der Waals surface area contributed by atoms with Gasteiger partial charge in [-0.3, -0.25) is 4.79 Å². The van der Waals surface area contributed by atoms with Crippen LogP contribution in [0.1, 0.15) is 13.3 Å². The van der Waals surface area contributed by atoms with E-state index in [0.717, 1.165) is 0 Å². The number of carbonyl (C=O) groups is 1. The Morgan fingerprint density at radius 1 is 1.27 bits per heavy atom. The van der Waals surface area contributed by atoms with E-state index >= 15 is 0 Å². The zero-order valence-electron chi connectivity index (χ0n) is 14.8. The molecule has 0 aromatic heterocycles. The molecule has 9 heteroatoms. The molecule has 1 atom stereocenters. The first-order valence-corrected chi connectivity index (χ1v) is 10.2. The zero-order valence-corrected chi connectivity index (χ0v) is 15.6. The fraction of sp³-hybridized carbons (Fsp3) is 0.588. The van der Waals surface area contributed by atoms with Gasteiger partial charge in [-0.1, -0.05) is 0 Å². The van der Waals surface area contributed by atoms with Gasteiger partial charge in [0.05, 0.1) is 42.9 Å². The van der Waals surface area contributed by atoms with E-state index in [1.54, 1.807) is 6.07 Å². The van der Waals surface area contributed by atoms with Crippen LogP contribution in [0.5, 0.6) is 5.75 Å². The molecule has 2 aliphatic heterocycles. The number of rotatable bonds is 6. The van der Waals surface area contributed by atoms with Crippen LogP contribution >= 0.6 is 0 Å². The first kappa shape index (κ1) is 19.1. The van der Waals surface area contributed by atoms with E-state index in [2.05, 4.69) is 5.32 Å². The second-order valence-electron chi connectivity index (χ2n) is 6.16. The number of nitrogens with zero attached hydrogens (tertiary/aromatic N) is 1. The lowest BCUT2D eigenvalue weighted by atomic mass is 10.1. The summed E-state index contributed by atoms with van der Waals surface area (Å²) < 4.78 is 43.1. The number of hydrogen-bond acceptors (Lipinski definition) is 6. The molecule has 2 heterocycles. The Morgan fingerprint density at radius 2 is 2.04 bits per heavy atom. The molecule has 0 radical (unpaired) electrons. The van der Waals surface area contributed by atoms with Gasteiger partial charge in [-0.25, -0.2) is 8.42 Å². The maximum atomic E-state index is 12.8. The van der Waals surface area contributed by atoms with Crippen molar-refractivity contribution in [1.82, 2.24) is 4.31 Å². The second-order valence-corrected chi connectivity index (χ2v) is 8.10.